The molecule has 1 unspecified atom stereocenters. The molecule has 1 amide bonds. The summed E-state index contributed by atoms with van der Waals surface area (Å²) in [7, 11) is 1.66. The minimum atomic E-state index is 0.00172. The van der Waals surface area contributed by atoms with Gasteiger partial charge in [-0.2, -0.15) is 4.98 Å². The number of carbonyl (C=O) groups excluding carboxylic acids is 1. The molecule has 1 fully saturated rings. The molecule has 186 valence electrons. The Balaban J connectivity index is 1.30. The van der Waals surface area contributed by atoms with Crippen molar-refractivity contribution in [3.05, 3.63) is 64.5 Å². The maximum absolute atomic E-state index is 13.1. The van der Waals surface area contributed by atoms with E-state index in [9.17, 15) is 4.79 Å². The number of ether oxygens (including phenoxy) is 1. The molecule has 1 saturated heterocycles. The third-order valence-electron chi connectivity index (χ3n) is 6.43. The Bertz CT molecular complexity index is 1090. The SMILES string of the molecule is COc1ccc(C(CC(C)C)NC(=O)C2CCN(Cc3nc(-c4ccc(Br)cc4)no3)CC2)cc1. The maximum atomic E-state index is 13.1. The van der Waals surface area contributed by atoms with Crippen LogP contribution in [0, 0.1) is 11.8 Å². The van der Waals surface area contributed by atoms with Crippen molar-refractivity contribution < 1.29 is 14.1 Å². The van der Waals surface area contributed by atoms with E-state index in [4.69, 9.17) is 9.26 Å². The zero-order valence-electron chi connectivity index (χ0n) is 20.5. The molecular weight excluding hydrogens is 508 g/mol. The van der Waals surface area contributed by atoms with Crippen LogP contribution in [-0.2, 0) is 11.3 Å². The summed E-state index contributed by atoms with van der Waals surface area (Å²) in [5.74, 6) is 2.64. The summed E-state index contributed by atoms with van der Waals surface area (Å²) in [5.41, 5.74) is 2.04. The molecule has 1 N–H and O–H groups in total. The summed E-state index contributed by atoms with van der Waals surface area (Å²) < 4.78 is 11.8. The third-order valence-corrected chi connectivity index (χ3v) is 6.96. The van der Waals surface area contributed by atoms with Crippen LogP contribution in [0.2, 0.25) is 0 Å². The molecule has 2 heterocycles. The number of halogens is 1. The fraction of sp³-hybridized carbons (Fsp3) is 0.444. The van der Waals surface area contributed by atoms with Gasteiger partial charge in [-0.15, -0.1) is 0 Å². The second-order valence-corrected chi connectivity index (χ2v) is 10.4. The van der Waals surface area contributed by atoms with Crippen molar-refractivity contribution >= 4 is 21.8 Å². The molecule has 1 aliphatic rings. The molecule has 35 heavy (non-hydrogen) atoms. The Morgan fingerprint density at radius 2 is 1.83 bits per heavy atom. The molecule has 0 radical (unpaired) electrons. The van der Waals surface area contributed by atoms with Crippen LogP contribution in [0.15, 0.2) is 57.5 Å². The molecule has 3 aromatic rings. The van der Waals surface area contributed by atoms with Gasteiger partial charge in [0.1, 0.15) is 5.75 Å². The molecule has 1 aromatic heterocycles. The summed E-state index contributed by atoms with van der Waals surface area (Å²) in [6.45, 7) is 6.61. The van der Waals surface area contributed by atoms with Crippen molar-refractivity contribution in [2.45, 2.75) is 45.7 Å². The highest BCUT2D eigenvalue weighted by molar-refractivity contribution is 9.10. The van der Waals surface area contributed by atoms with E-state index >= 15 is 0 Å². The Hall–Kier alpha value is -2.71. The molecular formula is C27H33BrN4O3. The van der Waals surface area contributed by atoms with Crippen LogP contribution in [0.5, 0.6) is 5.75 Å². The normalized spacial score (nSPS) is 15.8. The van der Waals surface area contributed by atoms with Gasteiger partial charge in [0, 0.05) is 16.0 Å². The highest BCUT2D eigenvalue weighted by atomic mass is 79.9. The number of amides is 1. The number of nitrogens with zero attached hydrogens (tertiary/aromatic N) is 3. The minimum Gasteiger partial charge on any atom is -0.497 e. The van der Waals surface area contributed by atoms with E-state index in [0.29, 0.717) is 24.2 Å². The highest BCUT2D eigenvalue weighted by Crippen LogP contribution is 2.26. The second kappa shape index (κ2) is 11.8. The first kappa shape index (κ1) is 25.4. The zero-order valence-corrected chi connectivity index (χ0v) is 22.1. The molecule has 4 rings (SSSR count). The molecule has 2 aromatic carbocycles. The van der Waals surface area contributed by atoms with E-state index < -0.39 is 0 Å². The number of hydrogen-bond donors (Lipinski definition) is 1. The topological polar surface area (TPSA) is 80.5 Å². The van der Waals surface area contributed by atoms with E-state index in [1.165, 1.54) is 0 Å². The number of aromatic nitrogens is 2. The zero-order chi connectivity index (χ0) is 24.8. The number of nitrogens with one attached hydrogen (secondary N) is 1. The molecule has 0 spiro atoms. The van der Waals surface area contributed by atoms with Gasteiger partial charge in [-0.05, 0) is 80.2 Å². The number of piperidine rings is 1. The molecule has 0 bridgehead atoms. The van der Waals surface area contributed by atoms with Gasteiger partial charge in [0.25, 0.3) is 0 Å². The summed E-state index contributed by atoms with van der Waals surface area (Å²) in [6.07, 6.45) is 2.53. The van der Waals surface area contributed by atoms with Crippen molar-refractivity contribution in [1.29, 1.82) is 0 Å². The van der Waals surface area contributed by atoms with Crippen molar-refractivity contribution in [3.8, 4) is 17.1 Å². The van der Waals surface area contributed by atoms with Crippen LogP contribution in [0.25, 0.3) is 11.4 Å². The van der Waals surface area contributed by atoms with Crippen LogP contribution in [-0.4, -0.2) is 41.1 Å². The van der Waals surface area contributed by atoms with Gasteiger partial charge in [0.15, 0.2) is 0 Å². The van der Waals surface area contributed by atoms with E-state index in [0.717, 1.165) is 53.7 Å². The Labute approximate surface area is 215 Å². The summed E-state index contributed by atoms with van der Waals surface area (Å²) >= 11 is 3.44. The molecule has 1 atom stereocenters. The summed E-state index contributed by atoms with van der Waals surface area (Å²) in [4.78, 5) is 20.0. The van der Waals surface area contributed by atoms with Crippen molar-refractivity contribution in [2.75, 3.05) is 20.2 Å². The van der Waals surface area contributed by atoms with Gasteiger partial charge in [0.2, 0.25) is 17.6 Å². The van der Waals surface area contributed by atoms with E-state index in [-0.39, 0.29) is 17.9 Å². The highest BCUT2D eigenvalue weighted by Gasteiger charge is 2.28. The lowest BCUT2D eigenvalue weighted by molar-refractivity contribution is -0.127. The summed E-state index contributed by atoms with van der Waals surface area (Å²) in [6, 6.07) is 15.8. The third kappa shape index (κ3) is 6.92. The average molecular weight is 541 g/mol. The summed E-state index contributed by atoms with van der Waals surface area (Å²) in [5, 5.41) is 7.44. The molecule has 7 nitrogen and oxygen atoms in total. The molecule has 0 saturated carbocycles. The van der Waals surface area contributed by atoms with Crippen LogP contribution in [0.4, 0.5) is 0 Å². The van der Waals surface area contributed by atoms with Gasteiger partial charge in [0.05, 0.1) is 19.7 Å². The predicted octanol–water partition coefficient (Wildman–Crippen LogP) is 5.62. The van der Waals surface area contributed by atoms with Crippen LogP contribution < -0.4 is 10.1 Å². The van der Waals surface area contributed by atoms with Crippen molar-refractivity contribution in [2.24, 2.45) is 11.8 Å². The number of likely N-dealkylation sites (tertiary alicyclic amines) is 1. The lowest BCUT2D eigenvalue weighted by Gasteiger charge is -2.31. The number of carbonyl (C=O) groups is 1. The average Bonchev–Trinajstić information content (AvgIpc) is 3.32. The smallest absolute Gasteiger partial charge is 0.241 e. The first-order valence-electron chi connectivity index (χ1n) is 12.2. The second-order valence-electron chi connectivity index (χ2n) is 9.53. The van der Waals surface area contributed by atoms with Crippen molar-refractivity contribution in [3.63, 3.8) is 0 Å². The number of rotatable bonds is 9. The lowest BCUT2D eigenvalue weighted by Crippen LogP contribution is -2.41. The van der Waals surface area contributed by atoms with Gasteiger partial charge in [-0.25, -0.2) is 0 Å². The maximum Gasteiger partial charge on any atom is 0.241 e. The van der Waals surface area contributed by atoms with E-state index in [2.05, 4.69) is 50.1 Å². The van der Waals surface area contributed by atoms with E-state index in [1.807, 2.05) is 48.5 Å². The molecule has 1 aliphatic heterocycles. The van der Waals surface area contributed by atoms with Crippen LogP contribution >= 0.6 is 15.9 Å². The van der Waals surface area contributed by atoms with Gasteiger partial charge >= 0.3 is 0 Å². The first-order chi connectivity index (χ1) is 16.9. The first-order valence-corrected chi connectivity index (χ1v) is 13.0. The Kier molecular flexibility index (Phi) is 8.57. The predicted molar refractivity (Wildman–Crippen MR) is 139 cm³/mol. The van der Waals surface area contributed by atoms with Crippen molar-refractivity contribution in [1.82, 2.24) is 20.4 Å². The standard InChI is InChI=1S/C27H33BrN4O3/c1-18(2)16-24(19-6-10-23(34-3)11-7-19)29-27(33)21-12-14-32(15-13-21)17-25-30-26(31-35-25)20-4-8-22(28)9-5-20/h4-11,18,21,24H,12-17H2,1-3H3,(H,29,33). The fourth-order valence-electron chi connectivity index (χ4n) is 4.46. The Morgan fingerprint density at radius 3 is 2.46 bits per heavy atom. The number of methoxy groups -OCH3 is 1. The van der Waals surface area contributed by atoms with Gasteiger partial charge in [-0.3, -0.25) is 9.69 Å². The lowest BCUT2D eigenvalue weighted by atomic mass is 9.93. The number of hydrogen-bond acceptors (Lipinski definition) is 6. The van der Waals surface area contributed by atoms with Crippen LogP contribution in [0.3, 0.4) is 0 Å². The van der Waals surface area contributed by atoms with E-state index in [1.54, 1.807) is 7.11 Å². The monoisotopic (exact) mass is 540 g/mol. The number of benzene rings is 2. The van der Waals surface area contributed by atoms with Crippen LogP contribution in [0.1, 0.15) is 50.6 Å². The quantitative estimate of drug-likeness (QED) is 0.379. The molecule has 0 aliphatic carbocycles. The van der Waals surface area contributed by atoms with Gasteiger partial charge in [-0.1, -0.05) is 47.1 Å². The molecule has 8 heteroatoms. The van der Waals surface area contributed by atoms with Gasteiger partial charge < -0.3 is 14.6 Å². The minimum absolute atomic E-state index is 0.00172. The largest absolute Gasteiger partial charge is 0.497 e. The fourth-order valence-corrected chi connectivity index (χ4v) is 4.72. The Morgan fingerprint density at radius 1 is 1.14 bits per heavy atom.